The second-order valence-corrected chi connectivity index (χ2v) is 6.77. The second kappa shape index (κ2) is 7.36. The Morgan fingerprint density at radius 3 is 2.79 bits per heavy atom. The van der Waals surface area contributed by atoms with Crippen LogP contribution in [-0.2, 0) is 4.74 Å². The normalized spacial score (nSPS) is 17.4. The monoisotopic (exact) mass is 347 g/mol. The van der Waals surface area contributed by atoms with E-state index in [1.54, 1.807) is 6.20 Å². The van der Waals surface area contributed by atoms with Crippen molar-refractivity contribution in [2.24, 2.45) is 0 Å². The standard InChI is InChI=1S/C18H22ClN3O2/c1-12(2)17-16(18(23)20-10-15-4-3-9-24-15)11-21-22(17)14-7-5-13(19)6-8-14/h5-8,11-12,15H,3-4,9-10H2,1-2H3,(H,20,23)/t15-/m0/s1. The van der Waals surface area contributed by atoms with Crippen molar-refractivity contribution < 1.29 is 9.53 Å². The van der Waals surface area contributed by atoms with Crippen LogP contribution in [-0.4, -0.2) is 34.9 Å². The van der Waals surface area contributed by atoms with Crippen molar-refractivity contribution in [2.75, 3.05) is 13.2 Å². The molecule has 3 rings (SSSR count). The highest BCUT2D eigenvalue weighted by Gasteiger charge is 2.22. The van der Waals surface area contributed by atoms with E-state index in [0.717, 1.165) is 30.8 Å². The SMILES string of the molecule is CC(C)c1c(C(=O)NC[C@@H]2CCCO2)cnn1-c1ccc(Cl)cc1. The zero-order chi connectivity index (χ0) is 17.1. The van der Waals surface area contributed by atoms with Gasteiger partial charge in [0.15, 0.2) is 0 Å². The van der Waals surface area contributed by atoms with Crippen LogP contribution in [0.2, 0.25) is 5.02 Å². The lowest BCUT2D eigenvalue weighted by molar-refractivity contribution is 0.0856. The van der Waals surface area contributed by atoms with Crippen LogP contribution in [0.3, 0.4) is 0 Å². The molecule has 128 valence electrons. The molecule has 1 saturated heterocycles. The summed E-state index contributed by atoms with van der Waals surface area (Å²) in [5.41, 5.74) is 2.39. The number of benzene rings is 1. The summed E-state index contributed by atoms with van der Waals surface area (Å²) in [7, 11) is 0. The van der Waals surface area contributed by atoms with E-state index in [4.69, 9.17) is 16.3 Å². The summed E-state index contributed by atoms with van der Waals surface area (Å²) in [6.45, 7) is 5.44. The van der Waals surface area contributed by atoms with Gasteiger partial charge in [-0.2, -0.15) is 5.10 Å². The van der Waals surface area contributed by atoms with Crippen LogP contribution in [0.4, 0.5) is 0 Å². The van der Waals surface area contributed by atoms with Gasteiger partial charge in [-0.15, -0.1) is 0 Å². The Balaban J connectivity index is 1.82. The van der Waals surface area contributed by atoms with E-state index in [1.165, 1.54) is 0 Å². The summed E-state index contributed by atoms with van der Waals surface area (Å²) in [5.74, 6) is 0.0565. The molecule has 0 spiro atoms. The number of rotatable bonds is 5. The number of halogens is 1. The van der Waals surface area contributed by atoms with Gasteiger partial charge in [-0.05, 0) is 43.0 Å². The van der Waals surface area contributed by atoms with Crippen molar-refractivity contribution in [3.63, 3.8) is 0 Å². The molecule has 1 fully saturated rings. The molecule has 1 aromatic heterocycles. The second-order valence-electron chi connectivity index (χ2n) is 6.33. The molecule has 1 aromatic carbocycles. The highest BCUT2D eigenvalue weighted by Crippen LogP contribution is 2.24. The molecule has 1 atom stereocenters. The Morgan fingerprint density at radius 2 is 2.17 bits per heavy atom. The van der Waals surface area contributed by atoms with Gasteiger partial charge in [-0.3, -0.25) is 4.79 Å². The first kappa shape index (κ1) is 17.0. The van der Waals surface area contributed by atoms with Crippen molar-refractivity contribution in [1.82, 2.24) is 15.1 Å². The Bertz CT molecular complexity index is 704. The lowest BCUT2D eigenvalue weighted by Crippen LogP contribution is -2.32. The Morgan fingerprint density at radius 1 is 1.42 bits per heavy atom. The van der Waals surface area contributed by atoms with E-state index in [2.05, 4.69) is 24.3 Å². The third kappa shape index (κ3) is 3.62. The van der Waals surface area contributed by atoms with Crippen LogP contribution in [0.1, 0.15) is 48.7 Å². The summed E-state index contributed by atoms with van der Waals surface area (Å²) < 4.78 is 7.36. The van der Waals surface area contributed by atoms with E-state index in [9.17, 15) is 4.79 Å². The van der Waals surface area contributed by atoms with Crippen molar-refractivity contribution in [3.05, 3.63) is 46.7 Å². The molecule has 0 bridgehead atoms. The van der Waals surface area contributed by atoms with Crippen molar-refractivity contribution in [3.8, 4) is 5.69 Å². The molecule has 2 heterocycles. The van der Waals surface area contributed by atoms with Gasteiger partial charge in [0.05, 0.1) is 29.2 Å². The van der Waals surface area contributed by atoms with Gasteiger partial charge >= 0.3 is 0 Å². The summed E-state index contributed by atoms with van der Waals surface area (Å²) >= 11 is 5.95. The van der Waals surface area contributed by atoms with Gasteiger partial charge in [0.1, 0.15) is 0 Å². The third-order valence-corrected chi connectivity index (χ3v) is 4.44. The number of carbonyl (C=O) groups excluding carboxylic acids is 1. The van der Waals surface area contributed by atoms with Crippen molar-refractivity contribution in [1.29, 1.82) is 0 Å². The number of hydrogen-bond acceptors (Lipinski definition) is 3. The minimum absolute atomic E-state index is 0.102. The fourth-order valence-corrected chi connectivity index (χ4v) is 3.11. The fraction of sp³-hybridized carbons (Fsp3) is 0.444. The van der Waals surface area contributed by atoms with Gasteiger partial charge in [0.25, 0.3) is 5.91 Å². The first-order chi connectivity index (χ1) is 11.6. The van der Waals surface area contributed by atoms with Crippen LogP contribution in [0.5, 0.6) is 0 Å². The summed E-state index contributed by atoms with van der Waals surface area (Å²) in [4.78, 5) is 12.6. The molecule has 6 heteroatoms. The van der Waals surface area contributed by atoms with Crippen molar-refractivity contribution >= 4 is 17.5 Å². The molecule has 1 amide bonds. The molecule has 2 aromatic rings. The van der Waals surface area contributed by atoms with Gasteiger partial charge in [-0.25, -0.2) is 4.68 Å². The first-order valence-electron chi connectivity index (χ1n) is 8.30. The molecule has 1 aliphatic rings. The number of nitrogens with one attached hydrogen (secondary N) is 1. The zero-order valence-corrected chi connectivity index (χ0v) is 14.7. The van der Waals surface area contributed by atoms with Gasteiger partial charge in [0, 0.05) is 18.2 Å². The number of hydrogen-bond donors (Lipinski definition) is 1. The van der Waals surface area contributed by atoms with E-state index in [0.29, 0.717) is 17.1 Å². The van der Waals surface area contributed by atoms with Crippen LogP contribution in [0.15, 0.2) is 30.5 Å². The van der Waals surface area contributed by atoms with E-state index < -0.39 is 0 Å². The largest absolute Gasteiger partial charge is 0.376 e. The Kier molecular flexibility index (Phi) is 5.21. The summed E-state index contributed by atoms with van der Waals surface area (Å²) in [6.07, 6.45) is 3.82. The predicted molar refractivity (Wildman–Crippen MR) is 94.0 cm³/mol. The molecule has 1 aliphatic heterocycles. The van der Waals surface area contributed by atoms with E-state index >= 15 is 0 Å². The molecule has 0 radical (unpaired) electrons. The van der Waals surface area contributed by atoms with Crippen molar-refractivity contribution in [2.45, 2.75) is 38.7 Å². The minimum Gasteiger partial charge on any atom is -0.376 e. The number of carbonyl (C=O) groups is 1. The first-order valence-corrected chi connectivity index (χ1v) is 8.67. The van der Waals surface area contributed by atoms with Crippen LogP contribution in [0.25, 0.3) is 5.69 Å². The highest BCUT2D eigenvalue weighted by molar-refractivity contribution is 6.30. The molecule has 1 N–H and O–H groups in total. The maximum absolute atomic E-state index is 12.6. The highest BCUT2D eigenvalue weighted by atomic mass is 35.5. The molecule has 24 heavy (non-hydrogen) atoms. The number of aromatic nitrogens is 2. The lowest BCUT2D eigenvalue weighted by atomic mass is 10.0. The Labute approximate surface area is 147 Å². The predicted octanol–water partition coefficient (Wildman–Crippen LogP) is 3.56. The maximum atomic E-state index is 12.6. The fourth-order valence-electron chi connectivity index (χ4n) is 2.98. The number of amides is 1. The summed E-state index contributed by atoms with van der Waals surface area (Å²) in [6, 6.07) is 7.43. The van der Waals surface area contributed by atoms with Crippen LogP contribution < -0.4 is 5.32 Å². The number of ether oxygens (including phenoxy) is 1. The molecular weight excluding hydrogens is 326 g/mol. The Hall–Kier alpha value is -1.85. The molecule has 0 saturated carbocycles. The molecule has 0 unspecified atom stereocenters. The average Bonchev–Trinajstić information content (AvgIpc) is 3.22. The van der Waals surface area contributed by atoms with E-state index in [-0.39, 0.29) is 17.9 Å². The third-order valence-electron chi connectivity index (χ3n) is 4.18. The van der Waals surface area contributed by atoms with Crippen LogP contribution in [0, 0.1) is 0 Å². The van der Waals surface area contributed by atoms with Crippen LogP contribution >= 0.6 is 11.6 Å². The molecule has 5 nitrogen and oxygen atoms in total. The van der Waals surface area contributed by atoms with Gasteiger partial charge < -0.3 is 10.1 Å². The topological polar surface area (TPSA) is 56.1 Å². The maximum Gasteiger partial charge on any atom is 0.254 e. The van der Waals surface area contributed by atoms with Gasteiger partial charge in [0.2, 0.25) is 0 Å². The molecular formula is C18H22ClN3O2. The molecule has 0 aliphatic carbocycles. The summed E-state index contributed by atoms with van der Waals surface area (Å²) in [5, 5.41) is 8.06. The average molecular weight is 348 g/mol. The quantitative estimate of drug-likeness (QED) is 0.899. The number of nitrogens with zero attached hydrogens (tertiary/aromatic N) is 2. The lowest BCUT2D eigenvalue weighted by Gasteiger charge is -2.14. The van der Waals surface area contributed by atoms with Gasteiger partial charge in [-0.1, -0.05) is 25.4 Å². The minimum atomic E-state index is -0.102. The zero-order valence-electron chi connectivity index (χ0n) is 14.0. The van der Waals surface area contributed by atoms with E-state index in [1.807, 2.05) is 28.9 Å². The smallest absolute Gasteiger partial charge is 0.254 e.